The Hall–Kier alpha value is -2.11. The number of rotatable bonds is 7. The van der Waals surface area contributed by atoms with Gasteiger partial charge in [0, 0.05) is 24.2 Å². The van der Waals surface area contributed by atoms with Gasteiger partial charge in [-0.25, -0.2) is 4.39 Å². The minimum atomic E-state index is -0.281. The maximum Gasteiger partial charge on any atom is 0.258 e. The van der Waals surface area contributed by atoms with Crippen molar-refractivity contribution in [1.29, 1.82) is 0 Å². The molecule has 0 radical (unpaired) electrons. The monoisotopic (exact) mass is 380 g/mol. The molecule has 0 aliphatic rings. The van der Waals surface area contributed by atoms with Crippen LogP contribution in [0, 0.1) is 5.82 Å². The maximum atomic E-state index is 12.9. The molecule has 0 aliphatic carbocycles. The maximum absolute atomic E-state index is 12.9. The molecule has 2 aromatic rings. The second-order valence-electron chi connectivity index (χ2n) is 6.92. The Morgan fingerprint density at radius 3 is 2.35 bits per heavy atom. The van der Waals surface area contributed by atoms with Crippen LogP contribution in [0.15, 0.2) is 48.5 Å². The zero-order valence-electron chi connectivity index (χ0n) is 15.3. The molecule has 2 aromatic carbocycles. The summed E-state index contributed by atoms with van der Waals surface area (Å²) in [7, 11) is 0. The molecular formula is C20H26ClFN2O2. The van der Waals surface area contributed by atoms with E-state index in [-0.39, 0.29) is 36.3 Å². The van der Waals surface area contributed by atoms with Gasteiger partial charge in [-0.15, -0.1) is 12.4 Å². The third kappa shape index (κ3) is 7.85. The molecule has 2 N–H and O–H groups in total. The fourth-order valence-electron chi connectivity index (χ4n) is 2.33. The quantitative estimate of drug-likeness (QED) is 0.767. The van der Waals surface area contributed by atoms with Crippen molar-refractivity contribution in [1.82, 2.24) is 10.6 Å². The molecule has 2 rings (SSSR count). The lowest BCUT2D eigenvalue weighted by molar-refractivity contribution is -0.124. The van der Waals surface area contributed by atoms with Crippen LogP contribution < -0.4 is 15.4 Å². The van der Waals surface area contributed by atoms with Crippen LogP contribution in [0.4, 0.5) is 4.39 Å². The lowest BCUT2D eigenvalue weighted by Gasteiger charge is -2.20. The van der Waals surface area contributed by atoms with E-state index < -0.39 is 0 Å². The number of para-hydroxylation sites is 1. The molecule has 1 amide bonds. The summed E-state index contributed by atoms with van der Waals surface area (Å²) in [6.45, 7) is 6.98. The van der Waals surface area contributed by atoms with Crippen LogP contribution in [0.1, 0.15) is 31.9 Å². The van der Waals surface area contributed by atoms with E-state index in [9.17, 15) is 9.18 Å². The summed E-state index contributed by atoms with van der Waals surface area (Å²) in [5.74, 6) is 0.288. The van der Waals surface area contributed by atoms with E-state index in [4.69, 9.17) is 4.74 Å². The highest BCUT2D eigenvalue weighted by Gasteiger charge is 2.14. The summed E-state index contributed by atoms with van der Waals surface area (Å²) in [6, 6.07) is 14.0. The van der Waals surface area contributed by atoms with Gasteiger partial charge in [-0.1, -0.05) is 30.3 Å². The van der Waals surface area contributed by atoms with Gasteiger partial charge < -0.3 is 15.4 Å². The van der Waals surface area contributed by atoms with Crippen molar-refractivity contribution in [2.75, 3.05) is 6.61 Å². The lowest BCUT2D eigenvalue weighted by Crippen LogP contribution is -2.43. The first-order chi connectivity index (χ1) is 11.8. The van der Waals surface area contributed by atoms with E-state index in [0.29, 0.717) is 18.8 Å². The van der Waals surface area contributed by atoms with Crippen molar-refractivity contribution in [3.05, 3.63) is 65.5 Å². The van der Waals surface area contributed by atoms with Crippen LogP contribution in [-0.4, -0.2) is 18.1 Å². The van der Waals surface area contributed by atoms with E-state index >= 15 is 0 Å². The Morgan fingerprint density at radius 2 is 1.69 bits per heavy atom. The highest BCUT2D eigenvalue weighted by atomic mass is 35.5. The van der Waals surface area contributed by atoms with Crippen molar-refractivity contribution in [2.45, 2.75) is 39.4 Å². The molecule has 0 unspecified atom stereocenters. The van der Waals surface area contributed by atoms with E-state index in [1.807, 2.05) is 45.0 Å². The Balaban J connectivity index is 0.00000338. The molecule has 142 valence electrons. The second-order valence-corrected chi connectivity index (χ2v) is 6.92. The number of carbonyl (C=O) groups is 1. The van der Waals surface area contributed by atoms with Crippen molar-refractivity contribution in [3.8, 4) is 5.75 Å². The second kappa shape index (κ2) is 10.1. The Kier molecular flexibility index (Phi) is 8.55. The number of hydrogen-bond donors (Lipinski definition) is 2. The minimum Gasteiger partial charge on any atom is -0.483 e. The lowest BCUT2D eigenvalue weighted by atomic mass is 10.1. The average Bonchev–Trinajstić information content (AvgIpc) is 2.54. The van der Waals surface area contributed by atoms with Crippen LogP contribution in [0.2, 0.25) is 0 Å². The average molecular weight is 381 g/mol. The van der Waals surface area contributed by atoms with Gasteiger partial charge in [-0.05, 0) is 44.5 Å². The summed E-state index contributed by atoms with van der Waals surface area (Å²) >= 11 is 0. The summed E-state index contributed by atoms with van der Waals surface area (Å²) in [4.78, 5) is 11.9. The SMILES string of the molecule is CC(C)(C)NC(=O)COc1ccccc1CNCc1ccc(F)cc1.Cl. The predicted octanol–water partition coefficient (Wildman–Crippen LogP) is 3.83. The Labute approximate surface area is 160 Å². The largest absolute Gasteiger partial charge is 0.483 e. The van der Waals surface area contributed by atoms with E-state index in [1.54, 1.807) is 12.1 Å². The predicted molar refractivity (Wildman–Crippen MR) is 104 cm³/mol. The van der Waals surface area contributed by atoms with Gasteiger partial charge >= 0.3 is 0 Å². The van der Waals surface area contributed by atoms with Gasteiger partial charge in [0.1, 0.15) is 11.6 Å². The van der Waals surface area contributed by atoms with Crippen molar-refractivity contribution in [3.63, 3.8) is 0 Å². The molecule has 0 saturated heterocycles. The highest BCUT2D eigenvalue weighted by molar-refractivity contribution is 5.85. The van der Waals surface area contributed by atoms with Gasteiger partial charge in [0.05, 0.1) is 0 Å². The first-order valence-corrected chi connectivity index (χ1v) is 8.30. The van der Waals surface area contributed by atoms with E-state index in [1.165, 1.54) is 12.1 Å². The molecule has 4 nitrogen and oxygen atoms in total. The number of hydrogen-bond acceptors (Lipinski definition) is 3. The van der Waals surface area contributed by atoms with Crippen molar-refractivity contribution >= 4 is 18.3 Å². The standard InChI is InChI=1S/C20H25FN2O2.ClH/c1-20(2,3)23-19(24)14-25-18-7-5-4-6-16(18)13-22-12-15-8-10-17(21)11-9-15;/h4-11,22H,12-14H2,1-3H3,(H,23,24);1H. The number of nitrogens with one attached hydrogen (secondary N) is 2. The number of halogens is 2. The summed E-state index contributed by atoms with van der Waals surface area (Å²) in [6.07, 6.45) is 0. The fourth-order valence-corrected chi connectivity index (χ4v) is 2.33. The van der Waals surface area contributed by atoms with E-state index in [0.717, 1.165) is 11.1 Å². The number of ether oxygens (including phenoxy) is 1. The fraction of sp³-hybridized carbons (Fsp3) is 0.350. The number of carbonyl (C=O) groups excluding carboxylic acids is 1. The van der Waals surface area contributed by atoms with Crippen LogP contribution in [0.3, 0.4) is 0 Å². The topological polar surface area (TPSA) is 50.4 Å². The summed E-state index contributed by atoms with van der Waals surface area (Å²) in [5.41, 5.74) is 1.69. The van der Waals surface area contributed by atoms with Gasteiger partial charge in [-0.3, -0.25) is 4.79 Å². The van der Waals surface area contributed by atoms with Gasteiger partial charge in [0.15, 0.2) is 6.61 Å². The molecule has 0 bridgehead atoms. The Morgan fingerprint density at radius 1 is 1.04 bits per heavy atom. The normalized spacial score (nSPS) is 10.8. The van der Waals surface area contributed by atoms with Gasteiger partial charge in [0.25, 0.3) is 5.91 Å². The molecule has 0 fully saturated rings. The first-order valence-electron chi connectivity index (χ1n) is 8.30. The summed E-state index contributed by atoms with van der Waals surface area (Å²) < 4.78 is 18.6. The number of benzene rings is 2. The summed E-state index contributed by atoms with van der Waals surface area (Å²) in [5, 5.41) is 6.17. The third-order valence-electron chi connectivity index (χ3n) is 3.40. The molecule has 0 spiro atoms. The van der Waals surface area contributed by atoms with Crippen molar-refractivity contribution < 1.29 is 13.9 Å². The van der Waals surface area contributed by atoms with Crippen molar-refractivity contribution in [2.24, 2.45) is 0 Å². The highest BCUT2D eigenvalue weighted by Crippen LogP contribution is 2.18. The smallest absolute Gasteiger partial charge is 0.258 e. The molecular weight excluding hydrogens is 355 g/mol. The van der Waals surface area contributed by atoms with Gasteiger partial charge in [-0.2, -0.15) is 0 Å². The zero-order chi connectivity index (χ0) is 18.3. The van der Waals surface area contributed by atoms with Crippen LogP contribution >= 0.6 is 12.4 Å². The molecule has 0 aliphatic heterocycles. The van der Waals surface area contributed by atoms with E-state index in [2.05, 4.69) is 10.6 Å². The molecule has 0 atom stereocenters. The van der Waals surface area contributed by atoms with Crippen LogP contribution in [0.5, 0.6) is 5.75 Å². The van der Waals surface area contributed by atoms with Crippen LogP contribution in [-0.2, 0) is 17.9 Å². The molecule has 26 heavy (non-hydrogen) atoms. The first kappa shape index (κ1) is 21.9. The minimum absolute atomic E-state index is 0. The molecule has 0 aromatic heterocycles. The molecule has 0 saturated carbocycles. The van der Waals surface area contributed by atoms with Gasteiger partial charge in [0.2, 0.25) is 0 Å². The number of amides is 1. The molecule has 0 heterocycles. The Bertz CT molecular complexity index is 700. The molecule has 6 heteroatoms. The third-order valence-corrected chi connectivity index (χ3v) is 3.40. The zero-order valence-corrected chi connectivity index (χ0v) is 16.2. The van der Waals surface area contributed by atoms with Crippen LogP contribution in [0.25, 0.3) is 0 Å².